The first-order valence-corrected chi connectivity index (χ1v) is 12.3. The highest BCUT2D eigenvalue weighted by atomic mass is 16.5. The third-order valence-corrected chi connectivity index (χ3v) is 6.67. The normalized spacial score (nSPS) is 12.9. The molecule has 4 aromatic carbocycles. The molecular weight excluding hydrogens is 464 g/mol. The highest BCUT2D eigenvalue weighted by Crippen LogP contribution is 2.38. The van der Waals surface area contributed by atoms with Crippen molar-refractivity contribution < 1.29 is 19.4 Å². The number of carboxylic acid groups (broad SMARTS) is 1. The Morgan fingerprint density at radius 1 is 0.865 bits per heavy atom. The van der Waals surface area contributed by atoms with E-state index in [-0.39, 0.29) is 11.5 Å². The van der Waals surface area contributed by atoms with E-state index in [0.717, 1.165) is 34.7 Å². The molecule has 0 unspecified atom stereocenters. The predicted octanol–water partition coefficient (Wildman–Crippen LogP) is 6.10. The summed E-state index contributed by atoms with van der Waals surface area (Å²) in [6.45, 7) is 1.28. The summed E-state index contributed by atoms with van der Waals surface area (Å²) >= 11 is 0. The van der Waals surface area contributed by atoms with Gasteiger partial charge in [0.05, 0.1) is 29.5 Å². The lowest BCUT2D eigenvalue weighted by molar-refractivity contribution is -0.118. The lowest BCUT2D eigenvalue weighted by atomic mass is 9.90. The van der Waals surface area contributed by atoms with Gasteiger partial charge in [-0.3, -0.25) is 4.79 Å². The summed E-state index contributed by atoms with van der Waals surface area (Å²) in [5.74, 6) is -1.10. The zero-order valence-corrected chi connectivity index (χ0v) is 20.6. The van der Waals surface area contributed by atoms with Crippen molar-refractivity contribution in [3.05, 3.63) is 120 Å². The number of benzene rings is 4. The van der Waals surface area contributed by atoms with Crippen LogP contribution in [0, 0.1) is 0 Å². The van der Waals surface area contributed by atoms with E-state index in [9.17, 15) is 14.7 Å². The Hall–Kier alpha value is -4.58. The molecule has 1 N–H and O–H groups in total. The maximum absolute atomic E-state index is 13.9. The topological polar surface area (TPSA) is 70.1 Å². The number of rotatable bonds is 6. The van der Waals surface area contributed by atoms with Crippen molar-refractivity contribution >= 4 is 28.9 Å². The van der Waals surface area contributed by atoms with Gasteiger partial charge in [0, 0.05) is 19.3 Å². The van der Waals surface area contributed by atoms with Crippen LogP contribution in [-0.2, 0) is 4.79 Å². The van der Waals surface area contributed by atoms with Crippen LogP contribution in [0.4, 0.5) is 17.1 Å². The number of hydrogen-bond donors (Lipinski definition) is 1. The van der Waals surface area contributed by atoms with Crippen molar-refractivity contribution in [2.75, 3.05) is 30.0 Å². The second kappa shape index (κ2) is 10.6. The van der Waals surface area contributed by atoms with Crippen LogP contribution in [0.15, 0.2) is 103 Å². The van der Waals surface area contributed by atoms with E-state index >= 15 is 0 Å². The van der Waals surface area contributed by atoms with Crippen molar-refractivity contribution in [2.45, 2.75) is 12.3 Å². The molecule has 1 amide bonds. The molecule has 0 saturated carbocycles. The van der Waals surface area contributed by atoms with Gasteiger partial charge in [-0.2, -0.15) is 0 Å². The number of amides is 1. The van der Waals surface area contributed by atoms with Gasteiger partial charge in [-0.1, -0.05) is 72.8 Å². The summed E-state index contributed by atoms with van der Waals surface area (Å²) in [5.41, 5.74) is 3.73. The predicted molar refractivity (Wildman–Crippen MR) is 145 cm³/mol. The third kappa shape index (κ3) is 4.91. The van der Waals surface area contributed by atoms with E-state index in [1.54, 1.807) is 19.2 Å². The van der Waals surface area contributed by atoms with Crippen molar-refractivity contribution in [1.29, 1.82) is 0 Å². The molecule has 0 radical (unpaired) electrons. The zero-order valence-electron chi connectivity index (χ0n) is 20.6. The molecule has 1 heterocycles. The van der Waals surface area contributed by atoms with Crippen LogP contribution in [0.2, 0.25) is 0 Å². The average Bonchev–Trinajstić information content (AvgIpc) is 3.16. The van der Waals surface area contributed by atoms with E-state index in [0.29, 0.717) is 18.8 Å². The summed E-state index contributed by atoms with van der Waals surface area (Å²) in [6.07, 6.45) is 0.799. The monoisotopic (exact) mass is 492 g/mol. The molecule has 186 valence electrons. The van der Waals surface area contributed by atoms with Crippen LogP contribution in [-0.4, -0.2) is 37.2 Å². The standard InChI is InChI=1S/C31H28N2O4/c1-32(30(34)29(22-11-4-2-5-12-22)23-13-6-3-7-14-23)26-18-17-24(21-25(26)31(35)36)33-19-10-20-37-28-16-9-8-15-27(28)33/h2-9,11-18,21,29H,10,19-20H2,1H3,(H,35,36). The molecule has 0 aliphatic carbocycles. The number of para-hydroxylation sites is 2. The van der Waals surface area contributed by atoms with Gasteiger partial charge < -0.3 is 19.6 Å². The fourth-order valence-electron chi connectivity index (χ4n) is 4.83. The number of aromatic carboxylic acids is 1. The molecule has 0 atom stereocenters. The number of nitrogens with zero attached hydrogens (tertiary/aromatic N) is 2. The van der Waals surface area contributed by atoms with Crippen molar-refractivity contribution in [3.8, 4) is 5.75 Å². The van der Waals surface area contributed by atoms with E-state index in [1.807, 2.05) is 91.0 Å². The molecular formula is C31H28N2O4. The first-order chi connectivity index (χ1) is 18.0. The molecule has 0 spiro atoms. The van der Waals surface area contributed by atoms with E-state index in [4.69, 9.17) is 4.74 Å². The first kappa shape index (κ1) is 24.1. The Kier molecular flexibility index (Phi) is 6.90. The highest BCUT2D eigenvalue weighted by Gasteiger charge is 2.29. The maximum Gasteiger partial charge on any atom is 0.337 e. The Balaban J connectivity index is 1.53. The summed E-state index contributed by atoms with van der Waals surface area (Å²) in [4.78, 5) is 29.9. The summed E-state index contributed by atoms with van der Waals surface area (Å²) in [5, 5.41) is 10.2. The van der Waals surface area contributed by atoms with Crippen molar-refractivity contribution in [1.82, 2.24) is 0 Å². The molecule has 0 bridgehead atoms. The van der Waals surface area contributed by atoms with Crippen LogP contribution in [0.25, 0.3) is 0 Å². The highest BCUT2D eigenvalue weighted by molar-refractivity contribution is 6.05. The molecule has 1 aliphatic rings. The fourth-order valence-corrected chi connectivity index (χ4v) is 4.83. The molecule has 37 heavy (non-hydrogen) atoms. The van der Waals surface area contributed by atoms with Crippen LogP contribution >= 0.6 is 0 Å². The van der Waals surface area contributed by atoms with Gasteiger partial charge in [-0.05, 0) is 47.9 Å². The quantitative estimate of drug-likeness (QED) is 0.352. The number of hydrogen-bond acceptors (Lipinski definition) is 4. The molecule has 5 rings (SSSR count). The summed E-state index contributed by atoms with van der Waals surface area (Å²) in [6, 6.07) is 32.1. The summed E-state index contributed by atoms with van der Waals surface area (Å²) < 4.78 is 5.87. The number of anilines is 3. The average molecular weight is 493 g/mol. The number of fused-ring (bicyclic) bond motifs is 1. The van der Waals surface area contributed by atoms with Gasteiger partial charge in [0.25, 0.3) is 0 Å². The molecule has 0 saturated heterocycles. The minimum atomic E-state index is -1.09. The maximum atomic E-state index is 13.9. The number of carbonyl (C=O) groups is 2. The van der Waals surface area contributed by atoms with Crippen LogP contribution in [0.3, 0.4) is 0 Å². The van der Waals surface area contributed by atoms with E-state index in [2.05, 4.69) is 4.90 Å². The smallest absolute Gasteiger partial charge is 0.337 e. The van der Waals surface area contributed by atoms with Gasteiger partial charge in [0.15, 0.2) is 0 Å². The van der Waals surface area contributed by atoms with Crippen molar-refractivity contribution in [3.63, 3.8) is 0 Å². The minimum Gasteiger partial charge on any atom is -0.491 e. The number of carbonyl (C=O) groups excluding carboxylic acids is 1. The van der Waals surface area contributed by atoms with Crippen LogP contribution in [0.5, 0.6) is 5.75 Å². The van der Waals surface area contributed by atoms with Gasteiger partial charge in [0.2, 0.25) is 5.91 Å². The van der Waals surface area contributed by atoms with E-state index in [1.165, 1.54) is 4.90 Å². The number of likely N-dealkylation sites (N-methyl/N-ethyl adjacent to an activating group) is 1. The first-order valence-electron chi connectivity index (χ1n) is 12.3. The van der Waals surface area contributed by atoms with Crippen LogP contribution in [0.1, 0.15) is 33.8 Å². The molecule has 4 aromatic rings. The Morgan fingerprint density at radius 2 is 1.49 bits per heavy atom. The largest absolute Gasteiger partial charge is 0.491 e. The fraction of sp³-hybridized carbons (Fsp3) is 0.161. The van der Waals surface area contributed by atoms with Crippen LogP contribution < -0.4 is 14.5 Å². The minimum absolute atomic E-state index is 0.0656. The summed E-state index contributed by atoms with van der Waals surface area (Å²) in [7, 11) is 1.64. The second-order valence-electron chi connectivity index (χ2n) is 8.98. The number of carboxylic acids is 1. The van der Waals surface area contributed by atoms with Crippen molar-refractivity contribution in [2.24, 2.45) is 0 Å². The molecule has 6 heteroatoms. The van der Waals surface area contributed by atoms with Gasteiger partial charge in [-0.25, -0.2) is 4.79 Å². The van der Waals surface area contributed by atoms with Gasteiger partial charge in [-0.15, -0.1) is 0 Å². The van der Waals surface area contributed by atoms with E-state index < -0.39 is 11.9 Å². The Bertz CT molecular complexity index is 1370. The SMILES string of the molecule is CN(C(=O)C(c1ccccc1)c1ccccc1)c1ccc(N2CCCOc3ccccc32)cc1C(=O)O. The molecule has 1 aliphatic heterocycles. The molecule has 0 aromatic heterocycles. The number of ether oxygens (including phenoxy) is 1. The van der Waals surface area contributed by atoms with Gasteiger partial charge in [0.1, 0.15) is 5.75 Å². The molecule has 0 fully saturated rings. The lowest BCUT2D eigenvalue weighted by Crippen LogP contribution is -2.33. The Labute approximate surface area is 216 Å². The molecule has 6 nitrogen and oxygen atoms in total. The van der Waals surface area contributed by atoms with Gasteiger partial charge >= 0.3 is 5.97 Å². The second-order valence-corrected chi connectivity index (χ2v) is 8.98. The lowest BCUT2D eigenvalue weighted by Gasteiger charge is -2.28. The third-order valence-electron chi connectivity index (χ3n) is 6.67. The zero-order chi connectivity index (χ0) is 25.8. The Morgan fingerprint density at radius 3 is 2.14 bits per heavy atom.